The number of pyridine rings is 1. The standard InChI is InChI=1S/C8H11NOS/c10-5-6-11-7-8-1-3-9-4-2-8/h1-4,10H,5-7H2. The monoisotopic (exact) mass is 169 g/mol. The molecule has 60 valence electrons. The molecule has 1 heterocycles. The van der Waals surface area contributed by atoms with Crippen LogP contribution in [0.3, 0.4) is 0 Å². The van der Waals surface area contributed by atoms with Crippen LogP contribution in [0.25, 0.3) is 0 Å². The SMILES string of the molecule is OCCSCc1ccncc1. The van der Waals surface area contributed by atoms with Crippen LogP contribution in [0.15, 0.2) is 24.5 Å². The van der Waals surface area contributed by atoms with E-state index in [9.17, 15) is 0 Å². The first-order valence-corrected chi connectivity index (χ1v) is 4.66. The molecule has 1 N–H and O–H groups in total. The molecule has 0 amide bonds. The van der Waals surface area contributed by atoms with Gasteiger partial charge in [-0.1, -0.05) is 0 Å². The molecule has 0 aliphatic heterocycles. The maximum atomic E-state index is 8.51. The minimum absolute atomic E-state index is 0.260. The Bertz CT molecular complexity index is 191. The molecule has 1 aromatic rings. The molecule has 0 aromatic carbocycles. The van der Waals surface area contributed by atoms with Crippen molar-refractivity contribution in [1.82, 2.24) is 4.98 Å². The van der Waals surface area contributed by atoms with Gasteiger partial charge in [0, 0.05) is 23.9 Å². The van der Waals surface area contributed by atoms with Crippen LogP contribution in [0, 0.1) is 0 Å². The maximum Gasteiger partial charge on any atom is 0.0521 e. The van der Waals surface area contributed by atoms with Gasteiger partial charge in [0.25, 0.3) is 0 Å². The Morgan fingerprint density at radius 2 is 2.09 bits per heavy atom. The lowest BCUT2D eigenvalue weighted by Crippen LogP contribution is -1.87. The molecular weight excluding hydrogens is 158 g/mol. The molecule has 0 radical (unpaired) electrons. The van der Waals surface area contributed by atoms with E-state index in [0.29, 0.717) is 0 Å². The first-order chi connectivity index (χ1) is 5.43. The summed E-state index contributed by atoms with van der Waals surface area (Å²) < 4.78 is 0. The number of aliphatic hydroxyl groups excluding tert-OH is 1. The fourth-order valence-electron chi connectivity index (χ4n) is 0.734. The van der Waals surface area contributed by atoms with Gasteiger partial charge in [0.2, 0.25) is 0 Å². The van der Waals surface area contributed by atoms with E-state index in [1.54, 1.807) is 24.2 Å². The molecule has 0 aliphatic carbocycles. The van der Waals surface area contributed by atoms with Crippen LogP contribution in [0.1, 0.15) is 5.56 Å². The van der Waals surface area contributed by atoms with E-state index < -0.39 is 0 Å². The van der Waals surface area contributed by atoms with Crippen molar-refractivity contribution in [3.05, 3.63) is 30.1 Å². The van der Waals surface area contributed by atoms with E-state index in [0.717, 1.165) is 11.5 Å². The van der Waals surface area contributed by atoms with Gasteiger partial charge in [-0.15, -0.1) is 0 Å². The van der Waals surface area contributed by atoms with Crippen molar-refractivity contribution in [2.45, 2.75) is 5.75 Å². The van der Waals surface area contributed by atoms with Crippen molar-refractivity contribution in [2.75, 3.05) is 12.4 Å². The van der Waals surface area contributed by atoms with Crippen molar-refractivity contribution in [1.29, 1.82) is 0 Å². The zero-order chi connectivity index (χ0) is 7.94. The zero-order valence-corrected chi connectivity index (χ0v) is 7.05. The molecule has 2 nitrogen and oxygen atoms in total. The molecule has 11 heavy (non-hydrogen) atoms. The molecule has 0 aliphatic rings. The molecule has 0 bridgehead atoms. The summed E-state index contributed by atoms with van der Waals surface area (Å²) in [5, 5.41) is 8.51. The van der Waals surface area contributed by atoms with Gasteiger partial charge in [0.05, 0.1) is 6.61 Å². The summed E-state index contributed by atoms with van der Waals surface area (Å²) in [5.74, 6) is 1.77. The number of thioether (sulfide) groups is 1. The van der Waals surface area contributed by atoms with E-state index in [2.05, 4.69) is 4.98 Å². The molecule has 3 heteroatoms. The van der Waals surface area contributed by atoms with Gasteiger partial charge in [0.15, 0.2) is 0 Å². The van der Waals surface area contributed by atoms with Crippen molar-refractivity contribution in [3.63, 3.8) is 0 Å². The lowest BCUT2D eigenvalue weighted by molar-refractivity contribution is 0.322. The number of aromatic nitrogens is 1. The van der Waals surface area contributed by atoms with E-state index in [4.69, 9.17) is 5.11 Å². The van der Waals surface area contributed by atoms with Crippen LogP contribution in [-0.4, -0.2) is 22.5 Å². The summed E-state index contributed by atoms with van der Waals surface area (Å²) in [6.45, 7) is 0.260. The Morgan fingerprint density at radius 1 is 1.36 bits per heavy atom. The molecule has 0 fully saturated rings. The van der Waals surface area contributed by atoms with Crippen LogP contribution < -0.4 is 0 Å². The Balaban J connectivity index is 2.28. The summed E-state index contributed by atoms with van der Waals surface area (Å²) in [6, 6.07) is 3.98. The van der Waals surface area contributed by atoms with Gasteiger partial charge in [-0.05, 0) is 17.7 Å². The average Bonchev–Trinajstić information content (AvgIpc) is 2.07. The molecule has 0 atom stereocenters. The summed E-state index contributed by atoms with van der Waals surface area (Å²) in [7, 11) is 0. The number of rotatable bonds is 4. The molecule has 0 saturated carbocycles. The van der Waals surface area contributed by atoms with Gasteiger partial charge < -0.3 is 5.11 Å². The van der Waals surface area contributed by atoms with Gasteiger partial charge in [-0.3, -0.25) is 4.98 Å². The third-order valence-corrected chi connectivity index (χ3v) is 2.26. The summed E-state index contributed by atoms with van der Waals surface area (Å²) in [5.41, 5.74) is 1.26. The summed E-state index contributed by atoms with van der Waals surface area (Å²) in [4.78, 5) is 3.91. The van der Waals surface area contributed by atoms with Crippen LogP contribution in [0.4, 0.5) is 0 Å². The van der Waals surface area contributed by atoms with Crippen LogP contribution in [-0.2, 0) is 5.75 Å². The second-order valence-corrected chi connectivity index (χ2v) is 3.24. The predicted molar refractivity (Wildman–Crippen MR) is 47.5 cm³/mol. The summed E-state index contributed by atoms with van der Waals surface area (Å²) >= 11 is 1.73. The van der Waals surface area contributed by atoms with Crippen LogP contribution in [0.5, 0.6) is 0 Å². The minimum Gasteiger partial charge on any atom is -0.396 e. The maximum absolute atomic E-state index is 8.51. The smallest absolute Gasteiger partial charge is 0.0521 e. The van der Waals surface area contributed by atoms with Crippen LogP contribution >= 0.6 is 11.8 Å². The van der Waals surface area contributed by atoms with E-state index in [-0.39, 0.29) is 6.61 Å². The highest BCUT2D eigenvalue weighted by molar-refractivity contribution is 7.98. The first kappa shape index (κ1) is 8.56. The molecule has 0 saturated heterocycles. The quantitative estimate of drug-likeness (QED) is 0.690. The van der Waals surface area contributed by atoms with Gasteiger partial charge >= 0.3 is 0 Å². The number of hydrogen-bond donors (Lipinski definition) is 1. The minimum atomic E-state index is 0.260. The second kappa shape index (κ2) is 5.16. The number of nitrogens with zero attached hydrogens (tertiary/aromatic N) is 1. The third-order valence-electron chi connectivity index (χ3n) is 1.25. The lowest BCUT2D eigenvalue weighted by atomic mass is 10.3. The van der Waals surface area contributed by atoms with Crippen LogP contribution in [0.2, 0.25) is 0 Å². The Kier molecular flexibility index (Phi) is 4.01. The second-order valence-electron chi connectivity index (χ2n) is 2.13. The molecule has 1 aromatic heterocycles. The third kappa shape index (κ3) is 3.39. The fourth-order valence-corrected chi connectivity index (χ4v) is 1.44. The van der Waals surface area contributed by atoms with Crippen molar-refractivity contribution < 1.29 is 5.11 Å². The molecule has 1 rings (SSSR count). The number of aliphatic hydroxyl groups is 1. The topological polar surface area (TPSA) is 33.1 Å². The highest BCUT2D eigenvalue weighted by Crippen LogP contribution is 2.09. The first-order valence-electron chi connectivity index (χ1n) is 3.51. The van der Waals surface area contributed by atoms with Gasteiger partial charge in [-0.2, -0.15) is 11.8 Å². The fraction of sp³-hybridized carbons (Fsp3) is 0.375. The molecular formula is C8H11NOS. The normalized spacial score (nSPS) is 9.91. The lowest BCUT2D eigenvalue weighted by Gasteiger charge is -1.97. The Morgan fingerprint density at radius 3 is 2.73 bits per heavy atom. The van der Waals surface area contributed by atoms with E-state index >= 15 is 0 Å². The average molecular weight is 169 g/mol. The van der Waals surface area contributed by atoms with Gasteiger partial charge in [-0.25, -0.2) is 0 Å². The predicted octanol–water partition coefficient (Wildman–Crippen LogP) is 1.31. The highest BCUT2D eigenvalue weighted by atomic mass is 32.2. The zero-order valence-electron chi connectivity index (χ0n) is 6.23. The van der Waals surface area contributed by atoms with E-state index in [1.165, 1.54) is 5.56 Å². The van der Waals surface area contributed by atoms with Crippen molar-refractivity contribution >= 4 is 11.8 Å². The molecule has 0 spiro atoms. The van der Waals surface area contributed by atoms with E-state index in [1.807, 2.05) is 12.1 Å². The van der Waals surface area contributed by atoms with Crippen molar-refractivity contribution in [2.24, 2.45) is 0 Å². The molecule has 0 unspecified atom stereocenters. The largest absolute Gasteiger partial charge is 0.396 e. The highest BCUT2D eigenvalue weighted by Gasteiger charge is 1.90. The summed E-state index contributed by atoms with van der Waals surface area (Å²) in [6.07, 6.45) is 3.57. The van der Waals surface area contributed by atoms with Gasteiger partial charge in [0.1, 0.15) is 0 Å². The Labute approximate surface area is 70.7 Å². The number of hydrogen-bond acceptors (Lipinski definition) is 3. The van der Waals surface area contributed by atoms with Crippen molar-refractivity contribution in [3.8, 4) is 0 Å². The Hall–Kier alpha value is -0.540.